The van der Waals surface area contributed by atoms with Crippen LogP contribution in [0.25, 0.3) is 0 Å². The van der Waals surface area contributed by atoms with Crippen LogP contribution in [-0.2, 0) is 47.9 Å². The van der Waals surface area contributed by atoms with Gasteiger partial charge in [0.05, 0.1) is 18.8 Å². The van der Waals surface area contributed by atoms with Crippen molar-refractivity contribution in [3.63, 3.8) is 0 Å². The maximum atomic E-state index is 14.5. The molecule has 0 aliphatic carbocycles. The van der Waals surface area contributed by atoms with E-state index in [1.54, 1.807) is 27.7 Å². The van der Waals surface area contributed by atoms with Gasteiger partial charge in [0.2, 0.25) is 53.2 Å². The molecule has 1 heterocycles. The van der Waals surface area contributed by atoms with Gasteiger partial charge in [-0.3, -0.25) is 53.1 Å². The first kappa shape index (κ1) is 68.1. The summed E-state index contributed by atoms with van der Waals surface area (Å²) in [6.45, 7) is 10.2. The van der Waals surface area contributed by atoms with Crippen molar-refractivity contribution in [1.29, 1.82) is 0 Å². The summed E-state index contributed by atoms with van der Waals surface area (Å²) in [7, 11) is 0. The van der Waals surface area contributed by atoms with Crippen molar-refractivity contribution in [1.82, 2.24) is 47.4 Å². The first-order valence-electron chi connectivity index (χ1n) is 25.9. The zero-order valence-electron chi connectivity index (χ0n) is 45.3. The van der Waals surface area contributed by atoms with Crippen molar-refractivity contribution in [3.8, 4) is 0 Å². The summed E-state index contributed by atoms with van der Waals surface area (Å²) in [4.78, 5) is 143. The highest BCUT2D eigenvalue weighted by Crippen LogP contribution is 2.21. The molecule has 438 valence electrons. The van der Waals surface area contributed by atoms with Crippen LogP contribution in [0, 0.1) is 11.8 Å². The van der Waals surface area contributed by atoms with E-state index in [4.69, 9.17) is 34.4 Å². The number of aliphatic hydroxyl groups is 2. The number of rotatable bonds is 35. The molecule has 23 N–H and O–H groups in total. The van der Waals surface area contributed by atoms with Gasteiger partial charge >= 0.3 is 5.97 Å². The third-order valence-electron chi connectivity index (χ3n) is 12.2. The van der Waals surface area contributed by atoms with Crippen molar-refractivity contribution in [2.45, 2.75) is 179 Å². The number of guanidine groups is 2. The fourth-order valence-electron chi connectivity index (χ4n) is 7.90. The predicted molar refractivity (Wildman–Crippen MR) is 283 cm³/mol. The molecule has 1 aliphatic heterocycles. The van der Waals surface area contributed by atoms with Crippen LogP contribution in [0.5, 0.6) is 0 Å². The Hall–Kier alpha value is -6.92. The maximum Gasteiger partial charge on any atom is 0.326 e. The average Bonchev–Trinajstić information content (AvgIpc) is 3.84. The highest BCUT2D eigenvalue weighted by Gasteiger charge is 2.41. The number of carboxylic acids is 1. The lowest BCUT2D eigenvalue weighted by atomic mass is 10.0. The minimum Gasteiger partial charge on any atom is -0.480 e. The van der Waals surface area contributed by atoms with Gasteiger partial charge < -0.3 is 97.2 Å². The number of amides is 9. The zero-order chi connectivity index (χ0) is 58.7. The highest BCUT2D eigenvalue weighted by molar-refractivity contribution is 5.99. The van der Waals surface area contributed by atoms with E-state index in [9.17, 15) is 63.3 Å². The van der Waals surface area contributed by atoms with Gasteiger partial charge in [-0.25, -0.2) is 4.79 Å². The molecule has 30 heteroatoms. The molecule has 0 spiro atoms. The Balaban J connectivity index is 3.37. The summed E-state index contributed by atoms with van der Waals surface area (Å²) in [5.74, 6) is -10.1. The monoisotopic (exact) mass is 1100 g/mol. The Bertz CT molecular complexity index is 2050. The lowest BCUT2D eigenvalue weighted by Crippen LogP contribution is -2.61. The van der Waals surface area contributed by atoms with Gasteiger partial charge in [-0.15, -0.1) is 0 Å². The molecule has 0 aromatic rings. The molecule has 0 bridgehead atoms. The van der Waals surface area contributed by atoms with E-state index in [0.29, 0.717) is 25.8 Å². The van der Waals surface area contributed by atoms with Gasteiger partial charge in [0.25, 0.3) is 0 Å². The van der Waals surface area contributed by atoms with E-state index in [0.717, 1.165) is 0 Å². The third kappa shape index (κ3) is 24.7. The average molecular weight is 1100 g/mol. The molecule has 0 saturated carbocycles. The molecule has 1 aliphatic rings. The Morgan fingerprint density at radius 1 is 0.584 bits per heavy atom. The van der Waals surface area contributed by atoms with Crippen LogP contribution in [-0.4, -0.2) is 191 Å². The van der Waals surface area contributed by atoms with E-state index >= 15 is 0 Å². The van der Waals surface area contributed by atoms with Crippen LogP contribution in [0.4, 0.5) is 0 Å². The Morgan fingerprint density at radius 2 is 1.08 bits per heavy atom. The van der Waals surface area contributed by atoms with Crippen LogP contribution in [0.3, 0.4) is 0 Å². The molecule has 77 heavy (non-hydrogen) atoms. The molecule has 1 rings (SSSR count). The number of hydrogen-bond acceptors (Lipinski definition) is 16. The van der Waals surface area contributed by atoms with Crippen LogP contribution in [0.15, 0.2) is 9.98 Å². The molecule has 9 amide bonds. The standard InChI is InChI=1S/C47H87N17O13/c1-23(2)21-31(39(70)56-26(6)37(68)59-30(45(76)77)13-8-9-17-48)60-40(71)32(22-65)61-42(73)34(24(3)4)62-41(72)33-16-12-20-64(33)44(75)29(15-11-19-55-47(52)53)58-38(69)28(14-10-18-54-46(50)51)57-43(74)35(27(7)66)63-36(67)25(5)49/h23-35,65-66H,8-22,48-49H2,1-7H3,(H,56,70)(H,57,74)(H,58,69)(H,59,68)(H,60,71)(H,61,73)(H,62,72)(H,63,67)(H,76,77)(H4,50,51,54)(H4,52,53,55)/t25-,26-,27+,28-,29-,30-,31-,32-,33-,34-,35-/m0/s1. The summed E-state index contributed by atoms with van der Waals surface area (Å²) < 4.78 is 0. The third-order valence-corrected chi connectivity index (χ3v) is 12.2. The first-order valence-corrected chi connectivity index (χ1v) is 25.9. The number of carboxylic acid groups (broad SMARTS) is 1. The normalized spacial score (nSPS) is 17.1. The quantitative estimate of drug-likeness (QED) is 0.0159. The van der Waals surface area contributed by atoms with Crippen LogP contribution < -0.4 is 76.9 Å². The number of unbranched alkanes of at least 4 members (excludes halogenated alkanes) is 1. The van der Waals surface area contributed by atoms with Crippen molar-refractivity contribution >= 4 is 71.1 Å². The molecular weight excluding hydrogens is 1010 g/mol. The Morgan fingerprint density at radius 3 is 1.58 bits per heavy atom. The van der Waals surface area contributed by atoms with E-state index in [-0.39, 0.29) is 82.4 Å². The van der Waals surface area contributed by atoms with Crippen LogP contribution >= 0.6 is 0 Å². The van der Waals surface area contributed by atoms with Crippen LogP contribution in [0.1, 0.15) is 113 Å². The Kier molecular flexibility index (Phi) is 30.7. The number of carbonyl (C=O) groups is 10. The van der Waals surface area contributed by atoms with Crippen molar-refractivity contribution in [2.75, 3.05) is 32.8 Å². The highest BCUT2D eigenvalue weighted by atomic mass is 16.4. The molecule has 0 radical (unpaired) electrons. The summed E-state index contributed by atoms with van der Waals surface area (Å²) in [6.07, 6.45) is 0.281. The molecule has 30 nitrogen and oxygen atoms in total. The van der Waals surface area contributed by atoms with Gasteiger partial charge in [-0.1, -0.05) is 27.7 Å². The number of aliphatic imine (C=N–C) groups is 2. The second-order valence-electron chi connectivity index (χ2n) is 19.8. The molecule has 1 fully saturated rings. The molecule has 0 unspecified atom stereocenters. The minimum absolute atomic E-state index is 0.0362. The minimum atomic E-state index is -1.65. The lowest BCUT2D eigenvalue weighted by Gasteiger charge is -2.32. The second kappa shape index (κ2) is 34.7. The molecular formula is C47H87N17O13. The number of hydrogen-bond donors (Lipinski definition) is 17. The van der Waals surface area contributed by atoms with Gasteiger partial charge in [-0.05, 0) is 103 Å². The van der Waals surface area contributed by atoms with Gasteiger partial charge in [0.15, 0.2) is 11.9 Å². The summed E-state index contributed by atoms with van der Waals surface area (Å²) >= 11 is 0. The van der Waals surface area contributed by atoms with Crippen molar-refractivity contribution < 1.29 is 63.3 Å². The van der Waals surface area contributed by atoms with E-state index in [1.807, 2.05) is 0 Å². The maximum absolute atomic E-state index is 14.5. The summed E-state index contributed by atoms with van der Waals surface area (Å²) in [6, 6.07) is -13.2. The molecule has 0 aromatic heterocycles. The van der Waals surface area contributed by atoms with Gasteiger partial charge in [-0.2, -0.15) is 0 Å². The van der Waals surface area contributed by atoms with E-state index in [2.05, 4.69) is 52.5 Å². The number of nitrogens with one attached hydrogen (secondary N) is 8. The topological polar surface area (TPSA) is 512 Å². The predicted octanol–water partition coefficient (Wildman–Crippen LogP) is -6.38. The number of likely N-dealkylation sites (tertiary alicyclic amines) is 1. The fourth-order valence-corrected chi connectivity index (χ4v) is 7.90. The largest absolute Gasteiger partial charge is 0.480 e. The Labute approximate surface area is 449 Å². The van der Waals surface area contributed by atoms with Crippen molar-refractivity contribution in [3.05, 3.63) is 0 Å². The first-order chi connectivity index (χ1) is 36.1. The van der Waals surface area contributed by atoms with Crippen LogP contribution in [0.2, 0.25) is 0 Å². The van der Waals surface area contributed by atoms with Gasteiger partial charge in [0.1, 0.15) is 54.4 Å². The number of nitrogens with zero attached hydrogens (tertiary/aromatic N) is 3. The SMILES string of the molecule is CC(C)C[C@H](NC(=O)[C@H](CO)NC(=O)[C@@H](NC(=O)[C@@H]1CCCN1C(=O)[C@H](CCCN=C(N)N)NC(=O)[C@H](CCCN=C(N)N)NC(=O)[C@@H](NC(=O)[C@H](C)N)[C@@H](C)O)C(C)C)C(=O)N[C@@H](C)C(=O)N[C@@H](CCCCN)C(=O)O. The van der Waals surface area contributed by atoms with Gasteiger partial charge in [0, 0.05) is 19.6 Å². The number of carbonyl (C=O) groups excluding carboxylic acids is 9. The van der Waals surface area contributed by atoms with Crippen molar-refractivity contribution in [2.24, 2.45) is 56.2 Å². The zero-order valence-corrected chi connectivity index (χ0v) is 45.3. The number of aliphatic carboxylic acids is 1. The van der Waals surface area contributed by atoms with E-state index < -0.39 is 138 Å². The fraction of sp³-hybridized carbons (Fsp3) is 0.745. The second-order valence-corrected chi connectivity index (χ2v) is 19.8. The summed E-state index contributed by atoms with van der Waals surface area (Å²) in [5, 5.41) is 50.2. The number of aliphatic hydroxyl groups excluding tert-OH is 2. The molecule has 0 aromatic carbocycles. The smallest absolute Gasteiger partial charge is 0.326 e. The van der Waals surface area contributed by atoms with E-state index in [1.165, 1.54) is 25.7 Å². The molecule has 11 atom stereocenters. The number of nitrogens with two attached hydrogens (primary N) is 6. The molecule has 1 saturated heterocycles. The summed E-state index contributed by atoms with van der Waals surface area (Å²) in [5.41, 5.74) is 33.1. The lowest BCUT2D eigenvalue weighted by molar-refractivity contribution is -0.143.